The van der Waals surface area contributed by atoms with Gasteiger partial charge >= 0.3 is 0 Å². The van der Waals surface area contributed by atoms with Gasteiger partial charge in [0.1, 0.15) is 0 Å². The summed E-state index contributed by atoms with van der Waals surface area (Å²) < 4.78 is 0. The van der Waals surface area contributed by atoms with Crippen molar-refractivity contribution in [1.82, 2.24) is 4.98 Å². The van der Waals surface area contributed by atoms with E-state index in [0.717, 1.165) is 27.1 Å². The molecular formula is C20H17N3OS. The monoisotopic (exact) mass is 347 g/mol. The lowest BCUT2D eigenvalue weighted by atomic mass is 10.1. The van der Waals surface area contributed by atoms with Gasteiger partial charge in [0.25, 0.3) is 0 Å². The molecule has 3 aromatic rings. The summed E-state index contributed by atoms with van der Waals surface area (Å²) in [6.45, 7) is 4.10. The Morgan fingerprint density at radius 2 is 1.92 bits per heavy atom. The van der Waals surface area contributed by atoms with Crippen LogP contribution in [0.15, 0.2) is 53.6 Å². The van der Waals surface area contributed by atoms with E-state index in [4.69, 9.17) is 5.26 Å². The van der Waals surface area contributed by atoms with E-state index in [9.17, 15) is 4.79 Å². The van der Waals surface area contributed by atoms with Crippen molar-refractivity contribution < 1.29 is 4.79 Å². The van der Waals surface area contributed by atoms with Gasteiger partial charge in [-0.2, -0.15) is 5.26 Å². The summed E-state index contributed by atoms with van der Waals surface area (Å²) in [7, 11) is 0. The zero-order chi connectivity index (χ0) is 17.8. The summed E-state index contributed by atoms with van der Waals surface area (Å²) in [5, 5.41) is 13.6. The van der Waals surface area contributed by atoms with Gasteiger partial charge in [-0.1, -0.05) is 30.0 Å². The zero-order valence-electron chi connectivity index (χ0n) is 14.0. The molecule has 124 valence electrons. The predicted molar refractivity (Wildman–Crippen MR) is 102 cm³/mol. The molecule has 0 radical (unpaired) electrons. The molecule has 5 heteroatoms. The first-order valence-corrected chi connectivity index (χ1v) is 8.85. The highest BCUT2D eigenvalue weighted by Crippen LogP contribution is 2.25. The van der Waals surface area contributed by atoms with E-state index in [0.29, 0.717) is 11.3 Å². The number of pyridine rings is 1. The second kappa shape index (κ2) is 7.37. The Morgan fingerprint density at radius 1 is 1.16 bits per heavy atom. The highest BCUT2D eigenvalue weighted by Gasteiger charge is 2.08. The number of amides is 1. The fraction of sp³-hybridized carbons (Fsp3) is 0.150. The summed E-state index contributed by atoms with van der Waals surface area (Å²) in [5.74, 6) is 0.183. The maximum atomic E-state index is 12.1. The fourth-order valence-electron chi connectivity index (χ4n) is 2.57. The minimum atomic E-state index is -0.0981. The van der Waals surface area contributed by atoms with E-state index in [2.05, 4.69) is 29.4 Å². The predicted octanol–water partition coefficient (Wildman–Crippen LogP) is 4.45. The first kappa shape index (κ1) is 17.0. The maximum Gasteiger partial charge on any atom is 0.234 e. The molecule has 0 aliphatic heterocycles. The van der Waals surface area contributed by atoms with Gasteiger partial charge in [-0.15, -0.1) is 0 Å². The number of nitrogens with one attached hydrogen (secondary N) is 1. The Morgan fingerprint density at radius 3 is 2.64 bits per heavy atom. The summed E-state index contributed by atoms with van der Waals surface area (Å²) >= 11 is 1.42. The number of nitrogens with zero attached hydrogens (tertiary/aromatic N) is 2. The Hall–Kier alpha value is -2.84. The maximum absolute atomic E-state index is 12.1. The minimum Gasteiger partial charge on any atom is -0.325 e. The molecule has 0 saturated heterocycles. The summed E-state index contributed by atoms with van der Waals surface area (Å²) in [6.07, 6.45) is 0. The Balaban J connectivity index is 1.68. The number of nitriles is 1. The molecule has 0 aliphatic carbocycles. The van der Waals surface area contributed by atoms with E-state index in [-0.39, 0.29) is 11.7 Å². The van der Waals surface area contributed by atoms with Gasteiger partial charge in [-0.05, 0) is 55.3 Å². The number of thioether (sulfide) groups is 1. The third-order valence-corrected chi connectivity index (χ3v) is 4.78. The molecule has 0 atom stereocenters. The number of carbonyl (C=O) groups is 1. The average molecular weight is 347 g/mol. The van der Waals surface area contributed by atoms with Crippen LogP contribution in [-0.2, 0) is 4.79 Å². The quantitative estimate of drug-likeness (QED) is 0.708. The van der Waals surface area contributed by atoms with Gasteiger partial charge in [0.2, 0.25) is 5.91 Å². The summed E-state index contributed by atoms with van der Waals surface area (Å²) in [4.78, 5) is 16.8. The summed E-state index contributed by atoms with van der Waals surface area (Å²) in [5.41, 5.74) is 4.52. The van der Waals surface area contributed by atoms with Crippen molar-refractivity contribution in [2.24, 2.45) is 0 Å². The molecule has 0 fully saturated rings. The molecule has 1 aromatic heterocycles. The third kappa shape index (κ3) is 3.98. The van der Waals surface area contributed by atoms with Crippen LogP contribution in [0.5, 0.6) is 0 Å². The highest BCUT2D eigenvalue weighted by atomic mass is 32.2. The molecule has 2 aromatic carbocycles. The second-order valence-electron chi connectivity index (χ2n) is 5.77. The van der Waals surface area contributed by atoms with Gasteiger partial charge in [0.15, 0.2) is 0 Å². The fourth-order valence-corrected chi connectivity index (χ4v) is 3.34. The van der Waals surface area contributed by atoms with Crippen LogP contribution in [0, 0.1) is 25.2 Å². The second-order valence-corrected chi connectivity index (χ2v) is 6.77. The normalized spacial score (nSPS) is 10.4. The molecule has 3 rings (SSSR count). The number of hydrogen-bond acceptors (Lipinski definition) is 4. The molecule has 0 bridgehead atoms. The molecule has 0 aliphatic rings. The SMILES string of the molecule is Cc1cc(SCC(=O)Nc2ccc(C#N)cc2)nc2c(C)cccc12. The molecule has 0 unspecified atom stereocenters. The first-order chi connectivity index (χ1) is 12.1. The first-order valence-electron chi connectivity index (χ1n) is 7.86. The number of hydrogen-bond donors (Lipinski definition) is 1. The van der Waals surface area contributed by atoms with Crippen LogP contribution in [0.3, 0.4) is 0 Å². The van der Waals surface area contributed by atoms with Crippen molar-refractivity contribution in [3.8, 4) is 6.07 Å². The number of anilines is 1. The highest BCUT2D eigenvalue weighted by molar-refractivity contribution is 7.99. The molecular weight excluding hydrogens is 330 g/mol. The van der Waals surface area contributed by atoms with Gasteiger partial charge < -0.3 is 5.32 Å². The lowest BCUT2D eigenvalue weighted by Crippen LogP contribution is -2.14. The molecule has 0 spiro atoms. The molecule has 1 heterocycles. The molecule has 1 amide bonds. The number of aromatic nitrogens is 1. The van der Waals surface area contributed by atoms with Gasteiger partial charge in [-0.25, -0.2) is 4.98 Å². The number of fused-ring (bicyclic) bond motifs is 1. The van der Waals surface area contributed by atoms with Gasteiger partial charge in [0.05, 0.1) is 27.9 Å². The van der Waals surface area contributed by atoms with Crippen LogP contribution in [0.2, 0.25) is 0 Å². The van der Waals surface area contributed by atoms with Crippen LogP contribution >= 0.6 is 11.8 Å². The van der Waals surface area contributed by atoms with Crippen molar-refractivity contribution in [2.75, 3.05) is 11.1 Å². The van der Waals surface area contributed by atoms with E-state index >= 15 is 0 Å². The number of benzene rings is 2. The Labute approximate surface area is 150 Å². The smallest absolute Gasteiger partial charge is 0.234 e. The summed E-state index contributed by atoms with van der Waals surface area (Å²) in [6, 6.07) is 17.0. The molecule has 1 N–H and O–H groups in total. The number of carbonyl (C=O) groups excluding carboxylic acids is 1. The Bertz CT molecular complexity index is 975. The largest absolute Gasteiger partial charge is 0.325 e. The number of rotatable bonds is 4. The molecule has 4 nitrogen and oxygen atoms in total. The topological polar surface area (TPSA) is 65.8 Å². The van der Waals surface area contributed by atoms with E-state index in [1.807, 2.05) is 25.1 Å². The van der Waals surface area contributed by atoms with E-state index < -0.39 is 0 Å². The molecule has 25 heavy (non-hydrogen) atoms. The standard InChI is InChI=1S/C20H17N3OS/c1-13-4-3-5-17-14(2)10-19(23-20(13)17)25-12-18(24)22-16-8-6-15(11-21)7-9-16/h3-10H,12H2,1-2H3,(H,22,24). The minimum absolute atomic E-state index is 0.0981. The number of aryl methyl sites for hydroxylation is 2. The van der Waals surface area contributed by atoms with Crippen LogP contribution in [-0.4, -0.2) is 16.6 Å². The zero-order valence-corrected chi connectivity index (χ0v) is 14.9. The average Bonchev–Trinajstić information content (AvgIpc) is 2.61. The Kier molecular flexibility index (Phi) is 5.01. The lowest BCUT2D eigenvalue weighted by Gasteiger charge is -2.09. The lowest BCUT2D eigenvalue weighted by molar-refractivity contribution is -0.113. The molecule has 0 saturated carbocycles. The van der Waals surface area contributed by atoms with Crippen LogP contribution in [0.1, 0.15) is 16.7 Å². The third-order valence-electron chi connectivity index (χ3n) is 3.87. The van der Waals surface area contributed by atoms with Crippen molar-refractivity contribution in [3.05, 3.63) is 65.2 Å². The van der Waals surface area contributed by atoms with Crippen LogP contribution in [0.4, 0.5) is 5.69 Å². The number of para-hydroxylation sites is 1. The van der Waals surface area contributed by atoms with Gasteiger partial charge in [0, 0.05) is 11.1 Å². The van der Waals surface area contributed by atoms with E-state index in [1.54, 1.807) is 24.3 Å². The van der Waals surface area contributed by atoms with E-state index in [1.165, 1.54) is 11.8 Å². The van der Waals surface area contributed by atoms with Crippen molar-refractivity contribution in [3.63, 3.8) is 0 Å². The van der Waals surface area contributed by atoms with Crippen molar-refractivity contribution in [2.45, 2.75) is 18.9 Å². The van der Waals surface area contributed by atoms with Gasteiger partial charge in [-0.3, -0.25) is 4.79 Å². The van der Waals surface area contributed by atoms with Crippen LogP contribution in [0.25, 0.3) is 10.9 Å². The van der Waals surface area contributed by atoms with Crippen LogP contribution < -0.4 is 5.32 Å². The van der Waals surface area contributed by atoms with Crippen molar-refractivity contribution >= 4 is 34.3 Å². The van der Waals surface area contributed by atoms with Crippen molar-refractivity contribution in [1.29, 1.82) is 5.26 Å².